The summed E-state index contributed by atoms with van der Waals surface area (Å²) in [6, 6.07) is 0. The lowest BCUT2D eigenvalue weighted by molar-refractivity contribution is -0.166. The Morgan fingerprint density at radius 1 is 1.44 bits per heavy atom. The van der Waals surface area contributed by atoms with Crippen molar-refractivity contribution in [3.63, 3.8) is 0 Å². The topological polar surface area (TPSA) is 38.7 Å². The highest BCUT2D eigenvalue weighted by Gasteiger charge is 2.50. The Morgan fingerprint density at radius 3 is 2.62 bits per heavy atom. The molecule has 4 atom stereocenters. The molecule has 0 aromatic heterocycles. The summed E-state index contributed by atoms with van der Waals surface area (Å²) in [6.45, 7) is 6.93. The lowest BCUT2D eigenvalue weighted by Gasteiger charge is -2.35. The molecule has 0 aromatic carbocycles. The molecule has 94 valence electrons. The highest BCUT2D eigenvalue weighted by Crippen LogP contribution is 2.43. The molecule has 2 aliphatic rings. The van der Waals surface area contributed by atoms with Crippen LogP contribution in [0.2, 0.25) is 0 Å². The second-order valence-corrected chi connectivity index (χ2v) is 5.50. The zero-order valence-corrected chi connectivity index (χ0v) is 10.7. The summed E-state index contributed by atoms with van der Waals surface area (Å²) in [6.07, 6.45) is 4.80. The van der Waals surface area contributed by atoms with Crippen LogP contribution in [0.25, 0.3) is 0 Å². The van der Waals surface area contributed by atoms with Crippen LogP contribution in [0.4, 0.5) is 0 Å². The number of aliphatic hydroxyl groups excluding tert-OH is 1. The number of hydrogen-bond acceptors (Lipinski definition) is 3. The van der Waals surface area contributed by atoms with Crippen molar-refractivity contribution >= 4 is 0 Å². The predicted molar refractivity (Wildman–Crippen MR) is 62.4 cm³/mol. The fraction of sp³-hybridized carbons (Fsp3) is 1.00. The molecular formula is C13H24O3. The van der Waals surface area contributed by atoms with Gasteiger partial charge in [0.1, 0.15) is 0 Å². The van der Waals surface area contributed by atoms with E-state index in [2.05, 4.69) is 13.8 Å². The SMILES string of the molecule is CC[C@@]1([C@@H](C)O)CC[C@@H]([C@@]2(C)CCCO2)O1. The van der Waals surface area contributed by atoms with Crippen LogP contribution in [0.15, 0.2) is 0 Å². The summed E-state index contributed by atoms with van der Waals surface area (Å²) in [5, 5.41) is 9.88. The van der Waals surface area contributed by atoms with Gasteiger partial charge in [0, 0.05) is 6.61 Å². The molecule has 2 aliphatic heterocycles. The molecule has 0 amide bonds. The van der Waals surface area contributed by atoms with Gasteiger partial charge in [-0.25, -0.2) is 0 Å². The normalized spacial score (nSPS) is 46.1. The van der Waals surface area contributed by atoms with Gasteiger partial charge in [-0.1, -0.05) is 6.92 Å². The first-order chi connectivity index (χ1) is 7.52. The molecule has 3 heteroatoms. The van der Waals surface area contributed by atoms with Crippen molar-refractivity contribution in [1.29, 1.82) is 0 Å². The van der Waals surface area contributed by atoms with Crippen molar-refractivity contribution in [2.24, 2.45) is 0 Å². The Hall–Kier alpha value is -0.120. The van der Waals surface area contributed by atoms with Crippen LogP contribution in [-0.2, 0) is 9.47 Å². The molecule has 0 aromatic rings. The third-order valence-corrected chi connectivity index (χ3v) is 4.50. The molecule has 0 unspecified atom stereocenters. The molecule has 3 nitrogen and oxygen atoms in total. The quantitative estimate of drug-likeness (QED) is 0.805. The first-order valence-electron chi connectivity index (χ1n) is 6.52. The number of ether oxygens (including phenoxy) is 2. The van der Waals surface area contributed by atoms with Crippen LogP contribution >= 0.6 is 0 Å². The lowest BCUT2D eigenvalue weighted by atomic mass is 9.89. The van der Waals surface area contributed by atoms with E-state index in [-0.39, 0.29) is 17.3 Å². The molecule has 0 bridgehead atoms. The smallest absolute Gasteiger partial charge is 0.0941 e. The molecule has 2 fully saturated rings. The molecular weight excluding hydrogens is 204 g/mol. The van der Waals surface area contributed by atoms with E-state index in [1.807, 2.05) is 6.92 Å². The highest BCUT2D eigenvalue weighted by atomic mass is 16.6. The first-order valence-corrected chi connectivity index (χ1v) is 6.52. The van der Waals surface area contributed by atoms with Gasteiger partial charge in [0.2, 0.25) is 0 Å². The van der Waals surface area contributed by atoms with E-state index in [1.165, 1.54) is 0 Å². The van der Waals surface area contributed by atoms with Crippen molar-refractivity contribution in [3.8, 4) is 0 Å². The van der Waals surface area contributed by atoms with Crippen LogP contribution in [0.1, 0.15) is 52.9 Å². The number of rotatable bonds is 3. The summed E-state index contributed by atoms with van der Waals surface area (Å²) >= 11 is 0. The molecule has 0 saturated carbocycles. The standard InChI is InChI=1S/C13H24O3/c1-4-13(10(2)14)8-6-11(16-13)12(3)7-5-9-15-12/h10-11,14H,4-9H2,1-3H3/t10-,11+,12-,13+/m1/s1. The van der Waals surface area contributed by atoms with Gasteiger partial charge in [0.05, 0.1) is 23.4 Å². The zero-order chi connectivity index (χ0) is 11.8. The van der Waals surface area contributed by atoms with Crippen LogP contribution in [0.5, 0.6) is 0 Å². The van der Waals surface area contributed by atoms with Gasteiger partial charge >= 0.3 is 0 Å². The van der Waals surface area contributed by atoms with Gasteiger partial charge in [0.25, 0.3) is 0 Å². The fourth-order valence-corrected chi connectivity index (χ4v) is 3.12. The third kappa shape index (κ3) is 1.89. The molecule has 16 heavy (non-hydrogen) atoms. The van der Waals surface area contributed by atoms with E-state index in [4.69, 9.17) is 9.47 Å². The Bertz CT molecular complexity index is 246. The molecule has 0 spiro atoms. The van der Waals surface area contributed by atoms with Gasteiger partial charge < -0.3 is 14.6 Å². The minimum atomic E-state index is -0.396. The maximum Gasteiger partial charge on any atom is 0.0941 e. The van der Waals surface area contributed by atoms with Crippen molar-refractivity contribution in [1.82, 2.24) is 0 Å². The number of hydrogen-bond donors (Lipinski definition) is 1. The van der Waals surface area contributed by atoms with E-state index < -0.39 is 6.10 Å². The molecule has 0 radical (unpaired) electrons. The average Bonchev–Trinajstić information content (AvgIpc) is 2.85. The first kappa shape index (κ1) is 12.3. The summed E-state index contributed by atoms with van der Waals surface area (Å²) in [7, 11) is 0. The summed E-state index contributed by atoms with van der Waals surface area (Å²) < 4.78 is 12.0. The van der Waals surface area contributed by atoms with Crippen LogP contribution in [0, 0.1) is 0 Å². The highest BCUT2D eigenvalue weighted by molar-refractivity contribution is 4.99. The largest absolute Gasteiger partial charge is 0.390 e. The third-order valence-electron chi connectivity index (χ3n) is 4.50. The molecule has 2 heterocycles. The Kier molecular flexibility index (Phi) is 3.30. The summed E-state index contributed by atoms with van der Waals surface area (Å²) in [5.74, 6) is 0. The van der Waals surface area contributed by atoms with Crippen LogP contribution in [-0.4, -0.2) is 35.1 Å². The maximum absolute atomic E-state index is 9.88. The Morgan fingerprint density at radius 2 is 2.19 bits per heavy atom. The predicted octanol–water partition coefficient (Wildman–Crippen LogP) is 2.26. The maximum atomic E-state index is 9.88. The molecule has 0 aliphatic carbocycles. The Balaban J connectivity index is 2.06. The molecule has 1 N–H and O–H groups in total. The second kappa shape index (κ2) is 4.28. The lowest BCUT2D eigenvalue weighted by Crippen LogP contribution is -2.45. The minimum absolute atomic E-state index is 0.119. The van der Waals surface area contributed by atoms with Crippen molar-refractivity contribution in [2.75, 3.05) is 6.61 Å². The van der Waals surface area contributed by atoms with E-state index in [0.29, 0.717) is 0 Å². The monoisotopic (exact) mass is 228 g/mol. The summed E-state index contributed by atoms with van der Waals surface area (Å²) in [4.78, 5) is 0. The van der Waals surface area contributed by atoms with Gasteiger partial charge in [0.15, 0.2) is 0 Å². The van der Waals surface area contributed by atoms with Crippen molar-refractivity contribution in [3.05, 3.63) is 0 Å². The average molecular weight is 228 g/mol. The van der Waals surface area contributed by atoms with Gasteiger partial charge in [-0.05, 0) is 46.0 Å². The molecule has 2 saturated heterocycles. The van der Waals surface area contributed by atoms with Gasteiger partial charge in [-0.3, -0.25) is 0 Å². The fourth-order valence-electron chi connectivity index (χ4n) is 3.12. The van der Waals surface area contributed by atoms with Gasteiger partial charge in [-0.15, -0.1) is 0 Å². The number of aliphatic hydroxyl groups is 1. The summed E-state index contributed by atoms with van der Waals surface area (Å²) in [5.41, 5.74) is -0.453. The van der Waals surface area contributed by atoms with E-state index in [0.717, 1.165) is 38.7 Å². The van der Waals surface area contributed by atoms with E-state index >= 15 is 0 Å². The Labute approximate surface area is 98.1 Å². The van der Waals surface area contributed by atoms with Crippen LogP contribution in [0.3, 0.4) is 0 Å². The molecule has 2 rings (SSSR count). The van der Waals surface area contributed by atoms with Crippen molar-refractivity contribution in [2.45, 2.75) is 76.3 Å². The van der Waals surface area contributed by atoms with E-state index in [1.54, 1.807) is 0 Å². The van der Waals surface area contributed by atoms with Crippen LogP contribution < -0.4 is 0 Å². The zero-order valence-electron chi connectivity index (χ0n) is 10.7. The van der Waals surface area contributed by atoms with Crippen molar-refractivity contribution < 1.29 is 14.6 Å². The minimum Gasteiger partial charge on any atom is -0.390 e. The second-order valence-electron chi connectivity index (χ2n) is 5.50. The van der Waals surface area contributed by atoms with Gasteiger partial charge in [-0.2, -0.15) is 0 Å². The van der Waals surface area contributed by atoms with E-state index in [9.17, 15) is 5.11 Å².